The molecule has 3 N–H and O–H groups in total. The van der Waals surface area contributed by atoms with Gasteiger partial charge >= 0.3 is 12.0 Å². The third-order valence-electron chi connectivity index (χ3n) is 4.48. The Morgan fingerprint density at radius 1 is 1.20 bits per heavy atom. The number of amides is 2. The van der Waals surface area contributed by atoms with Crippen LogP contribution in [0.5, 0.6) is 0 Å². The minimum absolute atomic E-state index is 0.0507. The number of carbonyl (C=O) groups excluding carboxylic acids is 1. The van der Waals surface area contributed by atoms with E-state index < -0.39 is 5.97 Å². The van der Waals surface area contributed by atoms with Gasteiger partial charge < -0.3 is 20.5 Å². The summed E-state index contributed by atoms with van der Waals surface area (Å²) in [4.78, 5) is 22.9. The molecule has 1 aliphatic rings. The second-order valence-corrected chi connectivity index (χ2v) is 7.63. The fourth-order valence-corrected chi connectivity index (χ4v) is 3.24. The summed E-state index contributed by atoms with van der Waals surface area (Å²) in [5.74, 6) is -0.644. The van der Waals surface area contributed by atoms with Crippen molar-refractivity contribution in [2.45, 2.75) is 46.3 Å². The average Bonchev–Trinajstić information content (AvgIpc) is 2.58. The molecule has 1 aliphatic heterocycles. The van der Waals surface area contributed by atoms with Gasteiger partial charge in [-0.3, -0.25) is 0 Å². The average molecular weight is 348 g/mol. The van der Waals surface area contributed by atoms with Gasteiger partial charge in [-0.15, -0.1) is 0 Å². The van der Waals surface area contributed by atoms with Gasteiger partial charge in [0, 0.05) is 25.6 Å². The van der Waals surface area contributed by atoms with Crippen molar-refractivity contribution in [3.05, 3.63) is 35.4 Å². The molecule has 0 spiro atoms. The van der Waals surface area contributed by atoms with Crippen LogP contribution in [-0.4, -0.2) is 36.4 Å². The van der Waals surface area contributed by atoms with E-state index in [2.05, 4.69) is 31.4 Å². The lowest BCUT2D eigenvalue weighted by atomic mass is 9.78. The summed E-state index contributed by atoms with van der Waals surface area (Å²) in [6, 6.07) is 6.25. The summed E-state index contributed by atoms with van der Waals surface area (Å²) in [7, 11) is 0. The molecule has 2 amide bonds. The van der Waals surface area contributed by atoms with Crippen LogP contribution in [0.25, 0.3) is 0 Å². The quantitative estimate of drug-likeness (QED) is 0.763. The number of ether oxygens (including phenoxy) is 1. The third kappa shape index (κ3) is 5.74. The van der Waals surface area contributed by atoms with Gasteiger partial charge in [0.15, 0.2) is 0 Å². The van der Waals surface area contributed by atoms with E-state index in [4.69, 9.17) is 9.84 Å². The van der Waals surface area contributed by atoms with Crippen molar-refractivity contribution in [3.8, 4) is 0 Å². The summed E-state index contributed by atoms with van der Waals surface area (Å²) in [6.45, 7) is 8.23. The largest absolute Gasteiger partial charge is 0.478 e. The molecular formula is C19H28N2O4. The maximum absolute atomic E-state index is 12.0. The molecule has 0 radical (unpaired) electrons. The molecule has 6 nitrogen and oxygen atoms in total. The van der Waals surface area contributed by atoms with Crippen LogP contribution in [0.3, 0.4) is 0 Å². The molecule has 2 unspecified atom stereocenters. The number of carboxylic acids is 1. The lowest BCUT2D eigenvalue weighted by Crippen LogP contribution is -2.46. The van der Waals surface area contributed by atoms with Gasteiger partial charge in [0.25, 0.3) is 0 Å². The predicted molar refractivity (Wildman–Crippen MR) is 95.6 cm³/mol. The lowest BCUT2D eigenvalue weighted by Gasteiger charge is -2.40. The number of carbonyl (C=O) groups is 2. The van der Waals surface area contributed by atoms with Crippen LogP contribution >= 0.6 is 0 Å². The Kier molecular flexibility index (Phi) is 6.42. The highest BCUT2D eigenvalue weighted by Crippen LogP contribution is 2.33. The van der Waals surface area contributed by atoms with E-state index in [-0.39, 0.29) is 23.1 Å². The van der Waals surface area contributed by atoms with E-state index >= 15 is 0 Å². The molecule has 1 aromatic carbocycles. The van der Waals surface area contributed by atoms with E-state index in [1.165, 1.54) is 12.1 Å². The van der Waals surface area contributed by atoms with Gasteiger partial charge in [-0.25, -0.2) is 9.59 Å². The topological polar surface area (TPSA) is 87.7 Å². The molecule has 1 aromatic rings. The van der Waals surface area contributed by atoms with E-state index in [1.54, 1.807) is 12.1 Å². The first-order chi connectivity index (χ1) is 11.8. The minimum Gasteiger partial charge on any atom is -0.478 e. The second-order valence-electron chi connectivity index (χ2n) is 7.63. The van der Waals surface area contributed by atoms with Crippen LogP contribution in [0.1, 0.15) is 49.5 Å². The highest BCUT2D eigenvalue weighted by molar-refractivity contribution is 5.87. The molecular weight excluding hydrogens is 320 g/mol. The highest BCUT2D eigenvalue weighted by Gasteiger charge is 2.35. The number of aromatic carboxylic acids is 1. The fraction of sp³-hybridized carbons (Fsp3) is 0.579. The van der Waals surface area contributed by atoms with Crippen LogP contribution in [-0.2, 0) is 11.3 Å². The molecule has 25 heavy (non-hydrogen) atoms. The normalized spacial score (nSPS) is 20.8. The Balaban J connectivity index is 1.79. The summed E-state index contributed by atoms with van der Waals surface area (Å²) >= 11 is 0. The van der Waals surface area contributed by atoms with E-state index in [9.17, 15) is 9.59 Å². The molecule has 1 fully saturated rings. The van der Waals surface area contributed by atoms with Gasteiger partial charge in [0.05, 0.1) is 11.7 Å². The molecule has 6 heteroatoms. The Bertz CT molecular complexity index is 592. The van der Waals surface area contributed by atoms with Crippen LogP contribution in [0, 0.1) is 11.3 Å². The van der Waals surface area contributed by atoms with Gasteiger partial charge in [-0.2, -0.15) is 0 Å². The monoisotopic (exact) mass is 348 g/mol. The lowest BCUT2D eigenvalue weighted by molar-refractivity contribution is -0.0837. The number of benzene rings is 1. The third-order valence-corrected chi connectivity index (χ3v) is 4.48. The van der Waals surface area contributed by atoms with Crippen molar-refractivity contribution < 1.29 is 19.4 Å². The van der Waals surface area contributed by atoms with Crippen molar-refractivity contribution >= 4 is 12.0 Å². The zero-order valence-electron chi connectivity index (χ0n) is 15.2. The predicted octanol–water partition coefficient (Wildman–Crippen LogP) is 3.03. The number of hydrogen-bond acceptors (Lipinski definition) is 3. The van der Waals surface area contributed by atoms with Gasteiger partial charge in [0.1, 0.15) is 0 Å². The number of urea groups is 1. The van der Waals surface area contributed by atoms with E-state index in [1.807, 2.05) is 0 Å². The van der Waals surface area contributed by atoms with Crippen molar-refractivity contribution in [1.82, 2.24) is 10.6 Å². The fourth-order valence-electron chi connectivity index (χ4n) is 3.24. The second kappa shape index (κ2) is 8.34. The Morgan fingerprint density at radius 3 is 2.48 bits per heavy atom. The Morgan fingerprint density at radius 2 is 1.88 bits per heavy atom. The zero-order valence-corrected chi connectivity index (χ0v) is 15.2. The molecule has 1 heterocycles. The maximum atomic E-state index is 12.0. The van der Waals surface area contributed by atoms with Crippen LogP contribution in [0.15, 0.2) is 24.3 Å². The molecule has 0 saturated carbocycles. The number of nitrogens with one attached hydrogen (secondary N) is 2. The highest BCUT2D eigenvalue weighted by atomic mass is 16.5. The first-order valence-corrected chi connectivity index (χ1v) is 8.73. The molecule has 2 rings (SSSR count). The number of hydrogen-bond donors (Lipinski definition) is 3. The first kappa shape index (κ1) is 19.2. The van der Waals surface area contributed by atoms with Crippen LogP contribution in [0.2, 0.25) is 0 Å². The maximum Gasteiger partial charge on any atom is 0.335 e. The molecule has 138 valence electrons. The summed E-state index contributed by atoms with van der Waals surface area (Å²) < 4.78 is 5.93. The van der Waals surface area contributed by atoms with Crippen LogP contribution < -0.4 is 10.6 Å². The molecule has 0 aliphatic carbocycles. The SMILES string of the molecule is CC(C)(C)C1OCCCC1CNC(=O)NCc1ccc(C(=O)O)cc1. The standard InChI is InChI=1S/C19H28N2O4/c1-19(2,3)16-15(5-4-10-25-16)12-21-18(24)20-11-13-6-8-14(9-7-13)17(22)23/h6-9,15-16H,4-5,10-12H2,1-3H3,(H,22,23)(H2,20,21,24). The smallest absolute Gasteiger partial charge is 0.335 e. The first-order valence-electron chi connectivity index (χ1n) is 8.73. The van der Waals surface area contributed by atoms with Crippen molar-refractivity contribution in [3.63, 3.8) is 0 Å². The van der Waals surface area contributed by atoms with Crippen molar-refractivity contribution in [2.75, 3.05) is 13.2 Å². The van der Waals surface area contributed by atoms with Crippen molar-refractivity contribution in [1.29, 1.82) is 0 Å². The van der Waals surface area contributed by atoms with Crippen LogP contribution in [0.4, 0.5) is 4.79 Å². The molecule has 0 bridgehead atoms. The van der Waals surface area contributed by atoms with E-state index in [0.717, 1.165) is 25.0 Å². The van der Waals surface area contributed by atoms with Gasteiger partial charge in [-0.05, 0) is 36.0 Å². The molecule has 0 aromatic heterocycles. The summed E-state index contributed by atoms with van der Waals surface area (Å²) in [6.07, 6.45) is 2.22. The summed E-state index contributed by atoms with van der Waals surface area (Å²) in [5.41, 5.74) is 1.14. The minimum atomic E-state index is -0.958. The number of carboxylic acid groups (broad SMARTS) is 1. The van der Waals surface area contributed by atoms with Gasteiger partial charge in [-0.1, -0.05) is 32.9 Å². The molecule has 2 atom stereocenters. The molecule has 1 saturated heterocycles. The van der Waals surface area contributed by atoms with E-state index in [0.29, 0.717) is 19.0 Å². The van der Waals surface area contributed by atoms with Crippen molar-refractivity contribution in [2.24, 2.45) is 11.3 Å². The zero-order chi connectivity index (χ0) is 18.4. The number of rotatable bonds is 5. The Hall–Kier alpha value is -2.08. The Labute approximate surface area is 149 Å². The van der Waals surface area contributed by atoms with Gasteiger partial charge in [0.2, 0.25) is 0 Å². The summed E-state index contributed by atoms with van der Waals surface area (Å²) in [5, 5.41) is 14.6.